The van der Waals surface area contributed by atoms with Crippen LogP contribution in [-0.2, 0) is 24.4 Å². The van der Waals surface area contributed by atoms with Crippen molar-refractivity contribution in [1.82, 2.24) is 24.6 Å². The first-order chi connectivity index (χ1) is 13.7. The van der Waals surface area contributed by atoms with Gasteiger partial charge in [-0.1, -0.05) is 18.2 Å². The number of carbonyl (C=O) groups excluding carboxylic acids is 1. The molecule has 1 aliphatic rings. The van der Waals surface area contributed by atoms with Crippen LogP contribution in [0.5, 0.6) is 5.75 Å². The quantitative estimate of drug-likeness (QED) is 0.707. The fourth-order valence-corrected chi connectivity index (χ4v) is 3.17. The van der Waals surface area contributed by atoms with Crippen molar-refractivity contribution in [3.05, 3.63) is 66.2 Å². The average Bonchev–Trinajstić information content (AvgIpc) is 3.15. The molecule has 1 aliphatic heterocycles. The Morgan fingerprint density at radius 2 is 1.96 bits per heavy atom. The Bertz CT molecular complexity index is 928. The minimum atomic E-state index is -0.534. The van der Waals surface area contributed by atoms with Gasteiger partial charge in [0, 0.05) is 18.9 Å². The molecule has 0 unspecified atom stereocenters. The van der Waals surface area contributed by atoms with Crippen LogP contribution in [0, 0.1) is 0 Å². The Labute approximate surface area is 163 Å². The fraction of sp³-hybridized carbons (Fsp3) is 0.300. The van der Waals surface area contributed by atoms with E-state index in [0.29, 0.717) is 37.9 Å². The van der Waals surface area contributed by atoms with E-state index in [1.807, 2.05) is 46.0 Å². The van der Waals surface area contributed by atoms with E-state index in [4.69, 9.17) is 4.74 Å². The van der Waals surface area contributed by atoms with E-state index in [9.17, 15) is 4.79 Å². The Morgan fingerprint density at radius 1 is 1.18 bits per heavy atom. The van der Waals surface area contributed by atoms with Crippen LogP contribution in [0.3, 0.4) is 0 Å². The summed E-state index contributed by atoms with van der Waals surface area (Å²) in [5.41, 5.74) is 1.91. The van der Waals surface area contributed by atoms with Crippen LogP contribution in [0.2, 0.25) is 0 Å². The lowest BCUT2D eigenvalue weighted by molar-refractivity contribution is -0.139. The first-order valence-electron chi connectivity index (χ1n) is 9.26. The van der Waals surface area contributed by atoms with Crippen LogP contribution in [-0.4, -0.2) is 43.2 Å². The third-order valence-electron chi connectivity index (χ3n) is 4.56. The zero-order valence-corrected chi connectivity index (χ0v) is 15.7. The molecule has 1 atom stereocenters. The molecule has 0 spiro atoms. The van der Waals surface area contributed by atoms with E-state index in [1.165, 1.54) is 0 Å². The number of hydrogen-bond donors (Lipinski definition) is 1. The molecule has 0 fully saturated rings. The Kier molecular flexibility index (Phi) is 5.18. The minimum absolute atomic E-state index is 0.0198. The van der Waals surface area contributed by atoms with Gasteiger partial charge in [-0.05, 0) is 31.2 Å². The number of fused-ring (bicyclic) bond motifs is 1. The molecule has 1 N–H and O–H groups in total. The van der Waals surface area contributed by atoms with Crippen molar-refractivity contribution >= 4 is 11.9 Å². The van der Waals surface area contributed by atoms with E-state index in [1.54, 1.807) is 25.4 Å². The summed E-state index contributed by atoms with van der Waals surface area (Å²) >= 11 is 0. The summed E-state index contributed by atoms with van der Waals surface area (Å²) < 4.78 is 7.73. The number of benzene rings is 1. The molecular formula is C20H22N6O2. The SMILES string of the molecule is C[C@@H](Oc1ccccc1)C(=O)N1CCn2nc(CNc3ncccn3)cc2C1. The number of carbonyl (C=O) groups is 1. The number of nitrogens with zero attached hydrogens (tertiary/aromatic N) is 5. The Balaban J connectivity index is 1.36. The molecule has 8 heteroatoms. The van der Waals surface area contributed by atoms with Crippen molar-refractivity contribution in [1.29, 1.82) is 0 Å². The Hall–Kier alpha value is -3.42. The van der Waals surface area contributed by atoms with E-state index in [0.717, 1.165) is 11.4 Å². The minimum Gasteiger partial charge on any atom is -0.481 e. The summed E-state index contributed by atoms with van der Waals surface area (Å²) in [5.74, 6) is 1.24. The highest BCUT2D eigenvalue weighted by Crippen LogP contribution is 2.17. The van der Waals surface area contributed by atoms with Crippen LogP contribution in [0.15, 0.2) is 54.9 Å². The maximum atomic E-state index is 12.8. The third-order valence-corrected chi connectivity index (χ3v) is 4.56. The van der Waals surface area contributed by atoms with E-state index in [2.05, 4.69) is 20.4 Å². The third kappa shape index (κ3) is 4.11. The number of para-hydroxylation sites is 1. The van der Waals surface area contributed by atoms with E-state index >= 15 is 0 Å². The first kappa shape index (κ1) is 18.0. The van der Waals surface area contributed by atoms with Crippen molar-refractivity contribution in [2.45, 2.75) is 32.7 Å². The average molecular weight is 378 g/mol. The second-order valence-electron chi connectivity index (χ2n) is 6.61. The molecule has 28 heavy (non-hydrogen) atoms. The van der Waals surface area contributed by atoms with Crippen LogP contribution in [0.25, 0.3) is 0 Å². The summed E-state index contributed by atoms with van der Waals surface area (Å²) in [7, 11) is 0. The predicted octanol–water partition coefficient (Wildman–Crippen LogP) is 2.09. The van der Waals surface area contributed by atoms with Gasteiger partial charge in [0.15, 0.2) is 6.10 Å². The van der Waals surface area contributed by atoms with Gasteiger partial charge >= 0.3 is 0 Å². The molecule has 0 bridgehead atoms. The predicted molar refractivity (Wildman–Crippen MR) is 104 cm³/mol. The summed E-state index contributed by atoms with van der Waals surface area (Å²) in [5, 5.41) is 7.75. The molecular weight excluding hydrogens is 356 g/mol. The van der Waals surface area contributed by atoms with Gasteiger partial charge in [0.2, 0.25) is 5.95 Å². The molecule has 4 rings (SSSR count). The van der Waals surface area contributed by atoms with Gasteiger partial charge in [-0.15, -0.1) is 0 Å². The number of anilines is 1. The fourth-order valence-electron chi connectivity index (χ4n) is 3.17. The molecule has 1 aromatic carbocycles. The smallest absolute Gasteiger partial charge is 0.263 e. The number of aromatic nitrogens is 4. The van der Waals surface area contributed by atoms with Gasteiger partial charge in [-0.25, -0.2) is 9.97 Å². The van der Waals surface area contributed by atoms with Gasteiger partial charge in [-0.2, -0.15) is 5.10 Å². The molecule has 0 radical (unpaired) electrons. The number of rotatable bonds is 6. The number of ether oxygens (including phenoxy) is 1. The molecule has 2 aromatic heterocycles. The number of amides is 1. The topological polar surface area (TPSA) is 85.2 Å². The van der Waals surface area contributed by atoms with Crippen molar-refractivity contribution in [3.63, 3.8) is 0 Å². The van der Waals surface area contributed by atoms with Gasteiger partial charge in [0.05, 0.1) is 31.0 Å². The van der Waals surface area contributed by atoms with Crippen LogP contribution in [0.1, 0.15) is 18.3 Å². The van der Waals surface area contributed by atoms with Crippen molar-refractivity contribution in [3.8, 4) is 5.75 Å². The molecule has 8 nitrogen and oxygen atoms in total. The standard InChI is InChI=1S/C20H22N6O2/c1-15(28-18-6-3-2-4-7-18)19(27)25-10-11-26-17(14-25)12-16(24-26)13-23-20-21-8-5-9-22-20/h2-9,12,15H,10-11,13-14H2,1H3,(H,21,22,23)/t15-/m1/s1. The van der Waals surface area contributed by atoms with Crippen molar-refractivity contribution in [2.75, 3.05) is 11.9 Å². The second-order valence-corrected chi connectivity index (χ2v) is 6.61. The summed E-state index contributed by atoms with van der Waals surface area (Å²) in [6, 6.07) is 13.2. The summed E-state index contributed by atoms with van der Waals surface area (Å²) in [6.45, 7) is 4.13. The molecule has 0 saturated heterocycles. The molecule has 0 aliphatic carbocycles. The van der Waals surface area contributed by atoms with Gasteiger partial charge in [-0.3, -0.25) is 9.48 Å². The van der Waals surface area contributed by atoms with Crippen LogP contribution < -0.4 is 10.1 Å². The van der Waals surface area contributed by atoms with Gasteiger partial charge in [0.1, 0.15) is 5.75 Å². The lowest BCUT2D eigenvalue weighted by atomic mass is 10.2. The normalized spacial score (nSPS) is 14.2. The first-order valence-corrected chi connectivity index (χ1v) is 9.26. The van der Waals surface area contributed by atoms with Gasteiger partial charge in [0.25, 0.3) is 5.91 Å². The molecule has 0 saturated carbocycles. The summed E-state index contributed by atoms with van der Waals surface area (Å²) in [4.78, 5) is 22.9. The zero-order valence-electron chi connectivity index (χ0n) is 15.7. The highest BCUT2D eigenvalue weighted by atomic mass is 16.5. The molecule has 144 valence electrons. The van der Waals surface area contributed by atoms with E-state index in [-0.39, 0.29) is 5.91 Å². The summed E-state index contributed by atoms with van der Waals surface area (Å²) in [6.07, 6.45) is 2.85. The van der Waals surface area contributed by atoms with Crippen molar-refractivity contribution < 1.29 is 9.53 Å². The maximum absolute atomic E-state index is 12.8. The number of hydrogen-bond acceptors (Lipinski definition) is 6. The second kappa shape index (κ2) is 8.08. The van der Waals surface area contributed by atoms with Crippen LogP contribution in [0.4, 0.5) is 5.95 Å². The molecule has 3 heterocycles. The number of nitrogens with one attached hydrogen (secondary N) is 1. The van der Waals surface area contributed by atoms with Crippen molar-refractivity contribution in [2.24, 2.45) is 0 Å². The highest BCUT2D eigenvalue weighted by molar-refractivity contribution is 5.81. The molecule has 1 amide bonds. The Morgan fingerprint density at radius 3 is 2.75 bits per heavy atom. The monoisotopic (exact) mass is 378 g/mol. The van der Waals surface area contributed by atoms with Gasteiger partial charge < -0.3 is 15.0 Å². The zero-order chi connectivity index (χ0) is 19.3. The highest BCUT2D eigenvalue weighted by Gasteiger charge is 2.26. The maximum Gasteiger partial charge on any atom is 0.263 e. The van der Waals surface area contributed by atoms with E-state index < -0.39 is 6.10 Å². The lowest BCUT2D eigenvalue weighted by Crippen LogP contribution is -2.44. The lowest BCUT2D eigenvalue weighted by Gasteiger charge is -2.30. The largest absolute Gasteiger partial charge is 0.481 e. The van der Waals surface area contributed by atoms with Crippen LogP contribution >= 0.6 is 0 Å². The molecule has 3 aromatic rings.